The Bertz CT molecular complexity index is 1110. The Balaban J connectivity index is 1.71. The molecule has 0 aliphatic carbocycles. The summed E-state index contributed by atoms with van der Waals surface area (Å²) in [7, 11) is 0. The number of aryl methyl sites for hydroxylation is 1. The van der Waals surface area contributed by atoms with Crippen LogP contribution in [0.25, 0.3) is 5.65 Å². The van der Waals surface area contributed by atoms with Crippen molar-refractivity contribution in [1.82, 2.24) is 14.3 Å². The minimum absolute atomic E-state index is 0.0722. The van der Waals surface area contributed by atoms with E-state index in [0.717, 1.165) is 28.0 Å². The summed E-state index contributed by atoms with van der Waals surface area (Å²) in [6.07, 6.45) is 1.80. The van der Waals surface area contributed by atoms with E-state index in [2.05, 4.69) is 37.9 Å². The predicted octanol–water partition coefficient (Wildman–Crippen LogP) is 4.41. The largest absolute Gasteiger partial charge is 0.504 e. The van der Waals surface area contributed by atoms with E-state index >= 15 is 0 Å². The third kappa shape index (κ3) is 4.96. The van der Waals surface area contributed by atoms with Gasteiger partial charge in [0.2, 0.25) is 0 Å². The van der Waals surface area contributed by atoms with Crippen LogP contribution in [0.3, 0.4) is 0 Å². The van der Waals surface area contributed by atoms with E-state index < -0.39 is 5.97 Å². The number of fused-ring (bicyclic) bond motifs is 1. The lowest BCUT2D eigenvalue weighted by Crippen LogP contribution is -2.35. The van der Waals surface area contributed by atoms with Crippen molar-refractivity contribution in [2.24, 2.45) is 0 Å². The quantitative estimate of drug-likeness (QED) is 0.365. The summed E-state index contributed by atoms with van der Waals surface area (Å²) in [6, 6.07) is 8.21. The normalized spacial score (nSPS) is 14.7. The number of morpholine rings is 1. The van der Waals surface area contributed by atoms with Crippen LogP contribution in [0.1, 0.15) is 34.2 Å². The van der Waals surface area contributed by atoms with Crippen LogP contribution in [0.4, 0.5) is 0 Å². The van der Waals surface area contributed by atoms with Crippen molar-refractivity contribution in [3.63, 3.8) is 0 Å². The predicted molar refractivity (Wildman–Crippen MR) is 127 cm³/mol. The molecule has 0 unspecified atom stereocenters. The van der Waals surface area contributed by atoms with E-state index in [1.807, 2.05) is 19.1 Å². The highest BCUT2D eigenvalue weighted by atomic mass is 79.9. The minimum Gasteiger partial charge on any atom is -0.504 e. The van der Waals surface area contributed by atoms with Crippen molar-refractivity contribution < 1.29 is 19.4 Å². The maximum atomic E-state index is 12.8. The van der Waals surface area contributed by atoms with Crippen molar-refractivity contribution in [1.29, 1.82) is 0 Å². The van der Waals surface area contributed by atoms with Gasteiger partial charge in [0.1, 0.15) is 0 Å². The maximum absolute atomic E-state index is 12.8. The SMILES string of the molecule is CCOC(=O)c1c(CSc2ccc(C)cc2)nc2c(O)c(CN3CCOCC3)c(Br)cn12. The van der Waals surface area contributed by atoms with Crippen LogP contribution < -0.4 is 0 Å². The van der Waals surface area contributed by atoms with Gasteiger partial charge in [0.05, 0.1) is 25.5 Å². The number of aromatic hydroxyl groups is 1. The molecule has 0 amide bonds. The number of imidazole rings is 1. The first-order valence-electron chi connectivity index (χ1n) is 10.6. The molecule has 0 saturated carbocycles. The summed E-state index contributed by atoms with van der Waals surface area (Å²) in [5, 5.41) is 11.1. The first-order valence-corrected chi connectivity index (χ1v) is 12.3. The second-order valence-electron chi connectivity index (χ2n) is 7.62. The van der Waals surface area contributed by atoms with Crippen molar-refractivity contribution in [2.75, 3.05) is 32.9 Å². The summed E-state index contributed by atoms with van der Waals surface area (Å²) in [6.45, 7) is 7.62. The standard InChI is InChI=1S/C23H26BrN3O4S/c1-3-31-23(29)20-19(14-32-16-6-4-15(2)5-7-16)25-22-21(28)17(18(24)13-27(20)22)12-26-8-10-30-11-9-26/h4-7,13,28H,3,8-12,14H2,1-2H3. The third-order valence-corrected chi connectivity index (χ3v) is 7.07. The van der Waals surface area contributed by atoms with E-state index in [1.54, 1.807) is 29.3 Å². The summed E-state index contributed by atoms with van der Waals surface area (Å²) in [4.78, 5) is 20.8. The zero-order valence-corrected chi connectivity index (χ0v) is 20.5. The Morgan fingerprint density at radius 1 is 1.28 bits per heavy atom. The smallest absolute Gasteiger partial charge is 0.357 e. The number of halogens is 1. The van der Waals surface area contributed by atoms with Gasteiger partial charge in [-0.15, -0.1) is 11.8 Å². The fourth-order valence-corrected chi connectivity index (χ4v) is 5.00. The molecule has 0 atom stereocenters. The van der Waals surface area contributed by atoms with Gasteiger partial charge in [-0.25, -0.2) is 9.78 Å². The Morgan fingerprint density at radius 3 is 2.69 bits per heavy atom. The molecule has 170 valence electrons. The number of aromatic nitrogens is 2. The van der Waals surface area contributed by atoms with E-state index in [-0.39, 0.29) is 12.4 Å². The number of rotatable bonds is 7. The van der Waals surface area contributed by atoms with Crippen molar-refractivity contribution in [3.8, 4) is 5.75 Å². The number of carbonyl (C=O) groups excluding carboxylic acids is 1. The molecule has 0 radical (unpaired) electrons. The van der Waals surface area contributed by atoms with Gasteiger partial charge in [-0.05, 0) is 41.9 Å². The zero-order chi connectivity index (χ0) is 22.7. The highest BCUT2D eigenvalue weighted by Gasteiger charge is 2.25. The van der Waals surface area contributed by atoms with E-state index in [1.165, 1.54) is 5.56 Å². The number of nitrogens with zero attached hydrogens (tertiary/aromatic N) is 3. The first-order chi connectivity index (χ1) is 15.5. The van der Waals surface area contributed by atoms with Gasteiger partial charge in [-0.1, -0.05) is 17.7 Å². The molecule has 3 aromatic rings. The molecule has 0 bridgehead atoms. The van der Waals surface area contributed by atoms with Crippen molar-refractivity contribution in [3.05, 3.63) is 57.4 Å². The fraction of sp³-hybridized carbons (Fsp3) is 0.391. The first kappa shape index (κ1) is 23.1. The Hall–Kier alpha value is -2.07. The van der Waals surface area contributed by atoms with E-state index in [9.17, 15) is 9.90 Å². The Labute approximate surface area is 199 Å². The minimum atomic E-state index is -0.452. The fourth-order valence-electron chi connectivity index (χ4n) is 3.65. The molecular weight excluding hydrogens is 494 g/mol. The van der Waals surface area contributed by atoms with Crippen LogP contribution in [-0.4, -0.2) is 58.3 Å². The van der Waals surface area contributed by atoms with E-state index in [4.69, 9.17) is 9.47 Å². The van der Waals surface area contributed by atoms with Gasteiger partial charge in [0, 0.05) is 46.5 Å². The molecular formula is C23H26BrN3O4S. The maximum Gasteiger partial charge on any atom is 0.357 e. The highest BCUT2D eigenvalue weighted by molar-refractivity contribution is 9.10. The molecule has 1 fully saturated rings. The van der Waals surface area contributed by atoms with Gasteiger partial charge in [0.15, 0.2) is 17.1 Å². The van der Waals surface area contributed by atoms with Crippen LogP contribution >= 0.6 is 27.7 Å². The van der Waals surface area contributed by atoms with Crippen molar-refractivity contribution >= 4 is 39.3 Å². The lowest BCUT2D eigenvalue weighted by molar-refractivity contribution is 0.0338. The number of carbonyl (C=O) groups is 1. The second kappa shape index (κ2) is 10.2. The van der Waals surface area contributed by atoms with Crippen LogP contribution in [0.2, 0.25) is 0 Å². The van der Waals surface area contributed by atoms with Gasteiger partial charge in [-0.2, -0.15) is 0 Å². The third-order valence-electron chi connectivity index (χ3n) is 5.36. The molecule has 1 aliphatic rings. The molecule has 1 N–H and O–H groups in total. The monoisotopic (exact) mass is 519 g/mol. The lowest BCUT2D eigenvalue weighted by Gasteiger charge is -2.27. The number of esters is 1. The lowest BCUT2D eigenvalue weighted by atomic mass is 10.2. The van der Waals surface area contributed by atoms with Crippen LogP contribution in [0, 0.1) is 6.92 Å². The molecule has 4 rings (SSSR count). The molecule has 1 aromatic carbocycles. The van der Waals surface area contributed by atoms with Crippen LogP contribution in [0.5, 0.6) is 5.75 Å². The summed E-state index contributed by atoms with van der Waals surface area (Å²) in [5.74, 6) is 0.101. The number of hydrogen-bond donors (Lipinski definition) is 1. The molecule has 1 saturated heterocycles. The van der Waals surface area contributed by atoms with Crippen LogP contribution in [0.15, 0.2) is 39.8 Å². The molecule has 7 nitrogen and oxygen atoms in total. The molecule has 3 heterocycles. The van der Waals surface area contributed by atoms with Gasteiger partial charge < -0.3 is 14.6 Å². The Morgan fingerprint density at radius 2 is 2.00 bits per heavy atom. The number of hydrogen-bond acceptors (Lipinski definition) is 7. The second-order valence-corrected chi connectivity index (χ2v) is 9.52. The average molecular weight is 520 g/mol. The number of pyridine rings is 1. The summed E-state index contributed by atoms with van der Waals surface area (Å²) < 4.78 is 13.1. The van der Waals surface area contributed by atoms with Crippen molar-refractivity contribution in [2.45, 2.75) is 31.0 Å². The number of thioether (sulfide) groups is 1. The Kier molecular flexibility index (Phi) is 7.40. The highest BCUT2D eigenvalue weighted by Crippen LogP contribution is 2.34. The molecule has 32 heavy (non-hydrogen) atoms. The molecule has 9 heteroatoms. The van der Waals surface area contributed by atoms with E-state index in [0.29, 0.717) is 42.5 Å². The zero-order valence-electron chi connectivity index (χ0n) is 18.1. The topological polar surface area (TPSA) is 76.3 Å². The summed E-state index contributed by atoms with van der Waals surface area (Å²) in [5.41, 5.74) is 3.23. The van der Waals surface area contributed by atoms with Gasteiger partial charge in [0.25, 0.3) is 0 Å². The van der Waals surface area contributed by atoms with Crippen LogP contribution in [-0.2, 0) is 21.8 Å². The van der Waals surface area contributed by atoms with Gasteiger partial charge >= 0.3 is 5.97 Å². The molecule has 0 spiro atoms. The molecule has 2 aromatic heterocycles. The summed E-state index contributed by atoms with van der Waals surface area (Å²) >= 11 is 5.18. The number of ether oxygens (including phenoxy) is 2. The average Bonchev–Trinajstić information content (AvgIpc) is 3.15. The van der Waals surface area contributed by atoms with Gasteiger partial charge in [-0.3, -0.25) is 9.30 Å². The number of benzene rings is 1. The molecule has 1 aliphatic heterocycles.